The van der Waals surface area contributed by atoms with Crippen molar-refractivity contribution in [3.63, 3.8) is 0 Å². The van der Waals surface area contributed by atoms with Gasteiger partial charge in [-0.1, -0.05) is 0 Å². The van der Waals surface area contributed by atoms with Crippen molar-refractivity contribution in [2.24, 2.45) is 10.7 Å². The Balaban J connectivity index is 3.39. The third-order valence-corrected chi connectivity index (χ3v) is 0.540. The van der Waals surface area contributed by atoms with Gasteiger partial charge in [0.25, 0.3) is 0 Å². The van der Waals surface area contributed by atoms with Crippen LogP contribution in [0, 0.1) is 0 Å². The van der Waals surface area contributed by atoms with E-state index < -0.39 is 5.97 Å². The molecule has 0 aromatic rings. The van der Waals surface area contributed by atoms with Gasteiger partial charge in [0.2, 0.25) is 5.96 Å². The Kier molecular flexibility index (Phi) is 3.19. The number of hydrogen-bond donors (Lipinski definition) is 2. The highest BCUT2D eigenvalue weighted by Crippen LogP contribution is 1.66. The smallest absolute Gasteiger partial charge is 0.329 e. The summed E-state index contributed by atoms with van der Waals surface area (Å²) in [6, 6.07) is 0. The number of nitrogens with one attached hydrogen (secondary N) is 1. The zero-order chi connectivity index (χ0) is 7.28. The van der Waals surface area contributed by atoms with E-state index in [-0.39, 0.29) is 5.96 Å². The Labute approximate surface area is 52.8 Å². The molecule has 0 saturated carbocycles. The highest BCUT2D eigenvalue weighted by molar-refractivity contribution is 5.78. The third-order valence-electron chi connectivity index (χ3n) is 0.540. The number of carbonyl (C=O) groups excluding carboxylic acids is 1. The van der Waals surface area contributed by atoms with Crippen molar-refractivity contribution in [2.75, 3.05) is 7.05 Å². The van der Waals surface area contributed by atoms with Crippen LogP contribution in [-0.2, 0) is 9.63 Å². The second-order valence-electron chi connectivity index (χ2n) is 1.30. The van der Waals surface area contributed by atoms with E-state index in [9.17, 15) is 4.79 Å². The Morgan fingerprint density at radius 2 is 2.33 bits per heavy atom. The fraction of sp³-hybridized carbons (Fsp3) is 0.500. The average Bonchev–Trinajstić information content (AvgIpc) is 1.83. The van der Waals surface area contributed by atoms with Crippen molar-refractivity contribution < 1.29 is 9.63 Å². The van der Waals surface area contributed by atoms with Gasteiger partial charge in [0.15, 0.2) is 0 Å². The molecule has 5 nitrogen and oxygen atoms in total. The summed E-state index contributed by atoms with van der Waals surface area (Å²) in [4.78, 5) is 17.8. The van der Waals surface area contributed by atoms with Gasteiger partial charge in [-0.2, -0.15) is 5.48 Å². The second kappa shape index (κ2) is 3.71. The topological polar surface area (TPSA) is 76.7 Å². The minimum absolute atomic E-state index is 0.0743. The number of rotatable bonds is 0. The Morgan fingerprint density at radius 3 is 2.67 bits per heavy atom. The molecule has 0 radical (unpaired) electrons. The van der Waals surface area contributed by atoms with E-state index in [4.69, 9.17) is 5.73 Å². The van der Waals surface area contributed by atoms with Crippen LogP contribution >= 0.6 is 0 Å². The minimum atomic E-state index is -0.457. The van der Waals surface area contributed by atoms with E-state index >= 15 is 0 Å². The van der Waals surface area contributed by atoms with Gasteiger partial charge in [-0.15, -0.1) is 0 Å². The van der Waals surface area contributed by atoms with Crippen molar-refractivity contribution in [1.82, 2.24) is 5.48 Å². The quantitative estimate of drug-likeness (QED) is 0.251. The lowest BCUT2D eigenvalue weighted by molar-refractivity contribution is -0.145. The maximum atomic E-state index is 10.1. The SMILES string of the molecule is CN=C(N)NOC(C)=O. The van der Waals surface area contributed by atoms with Gasteiger partial charge in [0.1, 0.15) is 0 Å². The number of carbonyl (C=O) groups is 1. The Hall–Kier alpha value is -1.26. The van der Waals surface area contributed by atoms with Crippen molar-refractivity contribution in [3.8, 4) is 0 Å². The first kappa shape index (κ1) is 7.74. The Morgan fingerprint density at radius 1 is 1.78 bits per heavy atom. The van der Waals surface area contributed by atoms with Gasteiger partial charge in [0.05, 0.1) is 0 Å². The maximum absolute atomic E-state index is 10.1. The molecule has 0 spiro atoms. The molecule has 0 fully saturated rings. The largest absolute Gasteiger partial charge is 0.368 e. The van der Waals surface area contributed by atoms with Crippen molar-refractivity contribution in [2.45, 2.75) is 6.92 Å². The standard InChI is InChI=1S/C4H9N3O2/c1-3(8)9-7-4(5)6-2/h1-2H3,(H3,5,6,7). The van der Waals surface area contributed by atoms with Crippen LogP contribution in [0.15, 0.2) is 4.99 Å². The molecule has 0 atom stereocenters. The van der Waals surface area contributed by atoms with E-state index in [1.54, 1.807) is 0 Å². The fourth-order valence-corrected chi connectivity index (χ4v) is 0.170. The summed E-state index contributed by atoms with van der Waals surface area (Å²) >= 11 is 0. The van der Waals surface area contributed by atoms with Crippen LogP contribution in [0.2, 0.25) is 0 Å². The average molecular weight is 131 g/mol. The van der Waals surface area contributed by atoms with Crippen LogP contribution in [0.4, 0.5) is 0 Å². The minimum Gasteiger partial charge on any atom is -0.368 e. The molecule has 0 rings (SSSR count). The molecule has 0 aromatic heterocycles. The lowest BCUT2D eigenvalue weighted by Crippen LogP contribution is -2.32. The molecule has 0 aliphatic carbocycles. The Bertz CT molecular complexity index is 132. The van der Waals surface area contributed by atoms with Gasteiger partial charge >= 0.3 is 5.97 Å². The molecular formula is C4H9N3O2. The summed E-state index contributed by atoms with van der Waals surface area (Å²) in [6.45, 7) is 1.26. The van der Waals surface area contributed by atoms with Crippen LogP contribution < -0.4 is 11.2 Å². The number of nitrogens with two attached hydrogens (primary N) is 1. The molecule has 0 aromatic carbocycles. The molecular weight excluding hydrogens is 122 g/mol. The van der Waals surface area contributed by atoms with E-state index in [1.165, 1.54) is 14.0 Å². The molecule has 0 aliphatic rings. The highest BCUT2D eigenvalue weighted by atomic mass is 16.7. The summed E-state index contributed by atoms with van der Waals surface area (Å²) in [5.41, 5.74) is 7.19. The summed E-state index contributed by atoms with van der Waals surface area (Å²) in [5.74, 6) is -0.383. The number of aliphatic imine (C=N–C) groups is 1. The predicted octanol–water partition coefficient (Wildman–Crippen LogP) is -1.00. The van der Waals surface area contributed by atoms with Crippen molar-refractivity contribution >= 4 is 11.9 Å². The van der Waals surface area contributed by atoms with E-state index in [2.05, 4.69) is 15.3 Å². The number of nitrogens with zero attached hydrogens (tertiary/aromatic N) is 1. The molecule has 0 unspecified atom stereocenters. The lowest BCUT2D eigenvalue weighted by Gasteiger charge is -2.00. The van der Waals surface area contributed by atoms with E-state index in [0.717, 1.165) is 0 Å². The molecule has 0 amide bonds. The molecule has 3 N–H and O–H groups in total. The molecule has 5 heteroatoms. The van der Waals surface area contributed by atoms with Crippen LogP contribution in [0.25, 0.3) is 0 Å². The molecule has 0 aliphatic heterocycles. The summed E-state index contributed by atoms with van der Waals surface area (Å²) in [5, 5.41) is 0. The van der Waals surface area contributed by atoms with E-state index in [1.807, 2.05) is 0 Å². The number of guanidine groups is 1. The predicted molar refractivity (Wildman–Crippen MR) is 32.4 cm³/mol. The number of hydrogen-bond acceptors (Lipinski definition) is 3. The van der Waals surface area contributed by atoms with Gasteiger partial charge < -0.3 is 10.6 Å². The van der Waals surface area contributed by atoms with Gasteiger partial charge in [-0.05, 0) is 0 Å². The van der Waals surface area contributed by atoms with Crippen LogP contribution in [0.5, 0.6) is 0 Å². The van der Waals surface area contributed by atoms with Crippen LogP contribution in [0.1, 0.15) is 6.92 Å². The van der Waals surface area contributed by atoms with Crippen molar-refractivity contribution in [1.29, 1.82) is 0 Å². The zero-order valence-corrected chi connectivity index (χ0v) is 5.34. The first-order valence-electron chi connectivity index (χ1n) is 2.32. The summed E-state index contributed by atoms with van der Waals surface area (Å²) in [7, 11) is 1.48. The first-order chi connectivity index (χ1) is 4.16. The molecule has 0 saturated heterocycles. The molecule has 9 heavy (non-hydrogen) atoms. The fourth-order valence-electron chi connectivity index (χ4n) is 0.170. The molecule has 52 valence electrons. The monoisotopic (exact) mass is 131 g/mol. The first-order valence-corrected chi connectivity index (χ1v) is 2.32. The molecule has 0 heterocycles. The number of hydroxylamine groups is 1. The van der Waals surface area contributed by atoms with Gasteiger partial charge in [0, 0.05) is 14.0 Å². The van der Waals surface area contributed by atoms with Gasteiger partial charge in [-0.25, -0.2) is 0 Å². The molecule has 0 bridgehead atoms. The zero-order valence-electron chi connectivity index (χ0n) is 5.34. The maximum Gasteiger partial charge on any atom is 0.329 e. The second-order valence-corrected chi connectivity index (χ2v) is 1.30. The van der Waals surface area contributed by atoms with E-state index in [0.29, 0.717) is 0 Å². The van der Waals surface area contributed by atoms with Crippen LogP contribution in [-0.4, -0.2) is 19.0 Å². The normalized spacial score (nSPS) is 10.7. The highest BCUT2D eigenvalue weighted by Gasteiger charge is 1.90. The summed E-state index contributed by atoms with van der Waals surface area (Å²) < 4.78 is 0. The van der Waals surface area contributed by atoms with Crippen molar-refractivity contribution in [3.05, 3.63) is 0 Å². The van der Waals surface area contributed by atoms with Gasteiger partial charge in [-0.3, -0.25) is 9.79 Å². The third kappa shape index (κ3) is 4.60. The van der Waals surface area contributed by atoms with Crippen LogP contribution in [0.3, 0.4) is 0 Å². The summed E-state index contributed by atoms with van der Waals surface area (Å²) in [6.07, 6.45) is 0. The lowest BCUT2D eigenvalue weighted by atomic mass is 10.8.